The van der Waals surface area contributed by atoms with Gasteiger partial charge in [-0.25, -0.2) is 0 Å². The fourth-order valence-electron chi connectivity index (χ4n) is 2.17. The topological polar surface area (TPSA) is 57.4 Å². The van der Waals surface area contributed by atoms with Gasteiger partial charge in [0.1, 0.15) is 5.75 Å². The van der Waals surface area contributed by atoms with Crippen molar-refractivity contribution in [3.05, 3.63) is 30.1 Å². The van der Waals surface area contributed by atoms with Crippen LogP contribution in [-0.2, 0) is 4.74 Å². The predicted octanol–water partition coefficient (Wildman–Crippen LogP) is 3.48. The highest BCUT2D eigenvalue weighted by molar-refractivity contribution is 5.62. The van der Waals surface area contributed by atoms with Crippen LogP contribution in [0.2, 0.25) is 0 Å². The summed E-state index contributed by atoms with van der Waals surface area (Å²) < 4.78 is 65.3. The van der Waals surface area contributed by atoms with Crippen LogP contribution < -0.4 is 4.74 Å². The molecule has 1 aliphatic heterocycles. The van der Waals surface area contributed by atoms with Crippen LogP contribution in [0.5, 0.6) is 5.75 Å². The minimum Gasteiger partial charge on any atom is -0.427 e. The molecule has 23 heavy (non-hydrogen) atoms. The molecule has 3 rings (SSSR count). The largest absolute Gasteiger partial charge is 0.461 e. The maximum atomic E-state index is 13.1. The summed E-state index contributed by atoms with van der Waals surface area (Å²) in [5.74, 6) is -0.195. The maximum Gasteiger partial charge on any atom is 0.461 e. The van der Waals surface area contributed by atoms with E-state index in [2.05, 4.69) is 14.9 Å². The average Bonchev–Trinajstić information content (AvgIpc) is 3.18. The number of rotatable bonds is 5. The number of halogens is 4. The lowest BCUT2D eigenvalue weighted by Gasteiger charge is -2.17. The third-order valence-electron chi connectivity index (χ3n) is 3.35. The molecule has 1 saturated heterocycles. The smallest absolute Gasteiger partial charge is 0.427 e. The summed E-state index contributed by atoms with van der Waals surface area (Å²) in [7, 11) is 0. The Morgan fingerprint density at radius 3 is 2.74 bits per heavy atom. The van der Waals surface area contributed by atoms with Crippen molar-refractivity contribution < 1.29 is 31.6 Å². The van der Waals surface area contributed by atoms with Gasteiger partial charge in [-0.05, 0) is 18.6 Å². The van der Waals surface area contributed by atoms with Crippen molar-refractivity contribution >= 4 is 0 Å². The molecule has 5 nitrogen and oxygen atoms in total. The molecule has 0 amide bonds. The van der Waals surface area contributed by atoms with Crippen molar-refractivity contribution in [2.24, 2.45) is 0 Å². The van der Waals surface area contributed by atoms with E-state index in [0.717, 1.165) is 12.5 Å². The Morgan fingerprint density at radius 2 is 2.04 bits per heavy atom. The van der Waals surface area contributed by atoms with Gasteiger partial charge in [-0.2, -0.15) is 22.5 Å². The molecule has 1 aliphatic rings. The van der Waals surface area contributed by atoms with Gasteiger partial charge < -0.3 is 14.0 Å². The molecule has 0 N–H and O–H groups in total. The lowest BCUT2D eigenvalue weighted by Crippen LogP contribution is -2.33. The molecule has 0 unspecified atom stereocenters. The number of ether oxygens (including phenoxy) is 2. The minimum absolute atomic E-state index is 0.0190. The number of benzene rings is 1. The number of para-hydroxylation sites is 1. The first-order valence-electron chi connectivity index (χ1n) is 6.83. The van der Waals surface area contributed by atoms with Crippen molar-refractivity contribution in [3.63, 3.8) is 0 Å². The van der Waals surface area contributed by atoms with Crippen LogP contribution in [0.1, 0.15) is 18.2 Å². The van der Waals surface area contributed by atoms with E-state index in [1.165, 1.54) is 18.2 Å². The fourth-order valence-corrected chi connectivity index (χ4v) is 2.17. The summed E-state index contributed by atoms with van der Waals surface area (Å²) in [6.07, 6.45) is -7.84. The first-order chi connectivity index (χ1) is 11.0. The molecule has 9 heteroatoms. The molecular formula is C14H12F4N2O3. The molecule has 0 bridgehead atoms. The Labute approximate surface area is 128 Å². The molecule has 2 heterocycles. The number of aromatic nitrogens is 2. The van der Waals surface area contributed by atoms with Crippen LogP contribution in [0, 0.1) is 0 Å². The lowest BCUT2D eigenvalue weighted by molar-refractivity contribution is -0.253. The summed E-state index contributed by atoms with van der Waals surface area (Å²) in [5.41, 5.74) is 0.0190. The number of hydrogen-bond acceptors (Lipinski definition) is 5. The van der Waals surface area contributed by atoms with Gasteiger partial charge in [-0.1, -0.05) is 17.3 Å². The first-order valence-corrected chi connectivity index (χ1v) is 6.83. The van der Waals surface area contributed by atoms with Crippen molar-refractivity contribution in [3.8, 4) is 17.2 Å². The molecule has 1 aromatic heterocycles. The SMILES string of the molecule is FC(F)C(F)(F)Oc1ccccc1-c1nc([C@@H]2CCOC2)no1. The monoisotopic (exact) mass is 332 g/mol. The van der Waals surface area contributed by atoms with E-state index >= 15 is 0 Å². The molecule has 1 fully saturated rings. The highest BCUT2D eigenvalue weighted by atomic mass is 19.3. The van der Waals surface area contributed by atoms with Gasteiger partial charge in [-0.3, -0.25) is 0 Å². The number of alkyl halides is 4. The second-order valence-corrected chi connectivity index (χ2v) is 4.98. The van der Waals surface area contributed by atoms with Crippen LogP contribution >= 0.6 is 0 Å². The van der Waals surface area contributed by atoms with E-state index in [9.17, 15) is 17.6 Å². The van der Waals surface area contributed by atoms with Gasteiger partial charge in [-0.15, -0.1) is 0 Å². The van der Waals surface area contributed by atoms with Crippen LogP contribution in [-0.4, -0.2) is 35.9 Å². The summed E-state index contributed by atoms with van der Waals surface area (Å²) in [5, 5.41) is 3.79. The zero-order valence-electron chi connectivity index (χ0n) is 11.7. The quantitative estimate of drug-likeness (QED) is 0.785. The molecule has 1 aromatic carbocycles. The Balaban J connectivity index is 1.88. The minimum atomic E-state index is -4.61. The summed E-state index contributed by atoms with van der Waals surface area (Å²) in [6.45, 7) is 1.02. The van der Waals surface area contributed by atoms with E-state index in [4.69, 9.17) is 9.26 Å². The zero-order valence-corrected chi connectivity index (χ0v) is 11.7. The summed E-state index contributed by atoms with van der Waals surface area (Å²) in [6, 6.07) is 5.40. The average molecular weight is 332 g/mol. The molecule has 1 atom stereocenters. The van der Waals surface area contributed by atoms with E-state index in [0.29, 0.717) is 19.0 Å². The van der Waals surface area contributed by atoms with Crippen LogP contribution in [0.15, 0.2) is 28.8 Å². The summed E-state index contributed by atoms with van der Waals surface area (Å²) >= 11 is 0. The van der Waals surface area contributed by atoms with Gasteiger partial charge in [0.15, 0.2) is 5.82 Å². The van der Waals surface area contributed by atoms with E-state index < -0.39 is 18.3 Å². The Morgan fingerprint density at radius 1 is 1.26 bits per heavy atom. The molecule has 2 aromatic rings. The van der Waals surface area contributed by atoms with Crippen molar-refractivity contribution in [1.29, 1.82) is 0 Å². The normalized spacial score (nSPS) is 18.6. The third-order valence-corrected chi connectivity index (χ3v) is 3.35. The number of hydrogen-bond donors (Lipinski definition) is 0. The molecule has 0 saturated carbocycles. The van der Waals surface area contributed by atoms with E-state index in [-0.39, 0.29) is 17.4 Å². The summed E-state index contributed by atoms with van der Waals surface area (Å²) in [4.78, 5) is 4.13. The molecule has 124 valence electrons. The maximum absolute atomic E-state index is 13.1. The van der Waals surface area contributed by atoms with E-state index in [1.807, 2.05) is 0 Å². The van der Waals surface area contributed by atoms with Crippen molar-refractivity contribution in [1.82, 2.24) is 10.1 Å². The standard InChI is InChI=1S/C14H12F4N2O3/c15-13(16)14(17,18)22-10-4-2-1-3-9(10)12-19-11(20-23-12)8-5-6-21-7-8/h1-4,8,13H,5-7H2/t8-/m1/s1. The third kappa shape index (κ3) is 3.29. The van der Waals surface area contributed by atoms with Gasteiger partial charge in [0.05, 0.1) is 12.2 Å². The zero-order chi connectivity index (χ0) is 16.4. The van der Waals surface area contributed by atoms with E-state index in [1.54, 1.807) is 0 Å². The molecule has 0 spiro atoms. The van der Waals surface area contributed by atoms with Gasteiger partial charge in [0.2, 0.25) is 0 Å². The molecule has 0 radical (unpaired) electrons. The van der Waals surface area contributed by atoms with Gasteiger partial charge in [0.25, 0.3) is 5.89 Å². The predicted molar refractivity (Wildman–Crippen MR) is 69.5 cm³/mol. The second-order valence-electron chi connectivity index (χ2n) is 4.98. The highest BCUT2D eigenvalue weighted by Crippen LogP contribution is 2.35. The van der Waals surface area contributed by atoms with Gasteiger partial charge >= 0.3 is 12.5 Å². The highest BCUT2D eigenvalue weighted by Gasteiger charge is 2.44. The number of nitrogens with zero attached hydrogens (tertiary/aromatic N) is 2. The Kier molecular flexibility index (Phi) is 4.20. The van der Waals surface area contributed by atoms with Crippen LogP contribution in [0.25, 0.3) is 11.5 Å². The molecular weight excluding hydrogens is 320 g/mol. The van der Waals surface area contributed by atoms with Crippen LogP contribution in [0.4, 0.5) is 17.6 Å². The van der Waals surface area contributed by atoms with Gasteiger partial charge in [0, 0.05) is 12.5 Å². The molecule has 0 aliphatic carbocycles. The Hall–Kier alpha value is -2.16. The van der Waals surface area contributed by atoms with Crippen LogP contribution in [0.3, 0.4) is 0 Å². The second kappa shape index (κ2) is 6.15. The Bertz CT molecular complexity index is 672. The lowest BCUT2D eigenvalue weighted by atomic mass is 10.1. The fraction of sp³-hybridized carbons (Fsp3) is 0.429. The van der Waals surface area contributed by atoms with Crippen molar-refractivity contribution in [2.75, 3.05) is 13.2 Å². The van der Waals surface area contributed by atoms with Crippen molar-refractivity contribution in [2.45, 2.75) is 24.9 Å². The first kappa shape index (κ1) is 15.7.